The van der Waals surface area contributed by atoms with E-state index >= 15 is 0 Å². The van der Waals surface area contributed by atoms with Gasteiger partial charge in [0.25, 0.3) is 5.91 Å². The average Bonchev–Trinajstić information content (AvgIpc) is 3.56. The second kappa shape index (κ2) is 8.36. The van der Waals surface area contributed by atoms with Crippen LogP contribution in [0.15, 0.2) is 30.6 Å². The van der Waals surface area contributed by atoms with Crippen molar-refractivity contribution in [2.24, 2.45) is 0 Å². The highest BCUT2D eigenvalue weighted by Crippen LogP contribution is 2.44. The second-order valence-electron chi connectivity index (χ2n) is 10.3. The number of nitrogens with zero attached hydrogens (tertiary/aromatic N) is 4. The molecule has 6 rings (SSSR count). The second-order valence-corrected chi connectivity index (χ2v) is 10.3. The molecule has 4 fully saturated rings. The number of likely N-dealkylation sites (tertiary alicyclic amines) is 2. The van der Waals surface area contributed by atoms with Crippen LogP contribution in [-0.4, -0.2) is 63.3 Å². The Balaban J connectivity index is 1.07. The van der Waals surface area contributed by atoms with Crippen LogP contribution >= 0.6 is 0 Å². The van der Waals surface area contributed by atoms with E-state index in [1.807, 2.05) is 11.0 Å². The molecule has 0 radical (unpaired) electrons. The molecule has 3 heterocycles. The number of rotatable bonds is 7. The minimum atomic E-state index is -4.73. The minimum absolute atomic E-state index is 0.0215. The summed E-state index contributed by atoms with van der Waals surface area (Å²) in [7, 11) is 0. The van der Waals surface area contributed by atoms with E-state index in [-0.39, 0.29) is 29.7 Å². The Kier molecular flexibility index (Phi) is 5.39. The fraction of sp³-hybridized carbons (Fsp3) is 0.560. The van der Waals surface area contributed by atoms with Gasteiger partial charge in [-0.3, -0.25) is 9.69 Å². The van der Waals surface area contributed by atoms with E-state index in [2.05, 4.69) is 24.9 Å². The standard InChI is InChI=1S/C25H28F3N5O2/c26-25(27,28)35-21-9-16(8-18(10-21)17-4-5-17)11-29-23-30-12-19(13-31-23)22(34)33-7-6-24(33)14-32(15-24)20-2-1-3-20/h8-10,12-13,17,20H,1-7,11,14-15H2,(H,29,30,31). The molecule has 2 aromatic rings. The lowest BCUT2D eigenvalue weighted by molar-refractivity contribution is -0.274. The van der Waals surface area contributed by atoms with Gasteiger partial charge in [-0.05, 0) is 61.3 Å². The summed E-state index contributed by atoms with van der Waals surface area (Å²) in [4.78, 5) is 26.0. The third-order valence-electron chi connectivity index (χ3n) is 7.82. The smallest absolute Gasteiger partial charge is 0.406 e. The van der Waals surface area contributed by atoms with Crippen LogP contribution in [-0.2, 0) is 6.54 Å². The molecule has 1 spiro atoms. The van der Waals surface area contributed by atoms with Crippen molar-refractivity contribution in [1.82, 2.24) is 19.8 Å². The first-order chi connectivity index (χ1) is 16.8. The summed E-state index contributed by atoms with van der Waals surface area (Å²) in [5.74, 6) is 0.348. The summed E-state index contributed by atoms with van der Waals surface area (Å²) >= 11 is 0. The summed E-state index contributed by atoms with van der Waals surface area (Å²) in [6.45, 7) is 2.93. The van der Waals surface area contributed by atoms with Crippen LogP contribution in [0.3, 0.4) is 0 Å². The van der Waals surface area contributed by atoms with E-state index in [4.69, 9.17) is 0 Å². The average molecular weight is 488 g/mol. The monoisotopic (exact) mass is 487 g/mol. The van der Waals surface area contributed by atoms with Crippen molar-refractivity contribution < 1.29 is 22.7 Å². The summed E-state index contributed by atoms with van der Waals surface area (Å²) in [5.41, 5.74) is 1.93. The van der Waals surface area contributed by atoms with Crippen molar-refractivity contribution in [3.05, 3.63) is 47.3 Å². The van der Waals surface area contributed by atoms with Gasteiger partial charge in [0, 0.05) is 44.6 Å². The molecule has 1 aromatic heterocycles. The molecular weight excluding hydrogens is 459 g/mol. The third-order valence-corrected chi connectivity index (χ3v) is 7.82. The number of hydrogen-bond donors (Lipinski definition) is 1. The fourth-order valence-corrected chi connectivity index (χ4v) is 5.41. The summed E-state index contributed by atoms with van der Waals surface area (Å²) in [6.07, 6.45) is 5.14. The lowest BCUT2D eigenvalue weighted by Gasteiger charge is -2.65. The lowest BCUT2D eigenvalue weighted by atomic mass is 9.74. The van der Waals surface area contributed by atoms with Gasteiger partial charge >= 0.3 is 6.36 Å². The quantitative estimate of drug-likeness (QED) is 0.628. The number of carbonyl (C=O) groups excluding carboxylic acids is 1. The molecular formula is C25H28F3N5O2. The van der Waals surface area contributed by atoms with Crippen molar-refractivity contribution in [3.8, 4) is 5.75 Å². The Labute approximate surface area is 201 Å². The van der Waals surface area contributed by atoms with Crippen molar-refractivity contribution >= 4 is 11.9 Å². The highest BCUT2D eigenvalue weighted by molar-refractivity contribution is 5.95. The molecule has 0 atom stereocenters. The number of hydrogen-bond acceptors (Lipinski definition) is 6. The maximum absolute atomic E-state index is 13.0. The number of alkyl halides is 3. The van der Waals surface area contributed by atoms with E-state index in [9.17, 15) is 18.0 Å². The molecule has 2 saturated heterocycles. The summed E-state index contributed by atoms with van der Waals surface area (Å²) < 4.78 is 42.3. The van der Waals surface area contributed by atoms with Crippen LogP contribution in [0.5, 0.6) is 5.75 Å². The Morgan fingerprint density at radius 1 is 1.11 bits per heavy atom. The molecule has 1 aromatic carbocycles. The predicted molar refractivity (Wildman–Crippen MR) is 122 cm³/mol. The number of ether oxygens (including phenoxy) is 1. The first-order valence-electron chi connectivity index (χ1n) is 12.3. The van der Waals surface area contributed by atoms with Gasteiger partial charge in [-0.1, -0.05) is 12.5 Å². The molecule has 10 heteroatoms. The predicted octanol–water partition coefficient (Wildman–Crippen LogP) is 4.32. The van der Waals surface area contributed by atoms with Crippen molar-refractivity contribution in [3.63, 3.8) is 0 Å². The number of halogens is 3. The van der Waals surface area contributed by atoms with Crippen LogP contribution < -0.4 is 10.1 Å². The van der Waals surface area contributed by atoms with Crippen LogP contribution in [0.1, 0.15) is 65.9 Å². The summed E-state index contributed by atoms with van der Waals surface area (Å²) in [5, 5.41) is 3.04. The molecule has 4 aliphatic rings. The maximum Gasteiger partial charge on any atom is 0.573 e. The number of amides is 1. The van der Waals surface area contributed by atoms with Gasteiger partial charge in [0.2, 0.25) is 5.95 Å². The number of carbonyl (C=O) groups is 1. The number of benzene rings is 1. The largest absolute Gasteiger partial charge is 0.573 e. The van der Waals surface area contributed by atoms with E-state index in [1.54, 1.807) is 0 Å². The van der Waals surface area contributed by atoms with E-state index < -0.39 is 6.36 Å². The van der Waals surface area contributed by atoms with Gasteiger partial charge in [0.15, 0.2) is 0 Å². The zero-order chi connectivity index (χ0) is 24.2. The number of anilines is 1. The van der Waals surface area contributed by atoms with Gasteiger partial charge in [-0.15, -0.1) is 13.2 Å². The first-order valence-corrected chi connectivity index (χ1v) is 12.3. The zero-order valence-corrected chi connectivity index (χ0v) is 19.4. The number of aromatic nitrogens is 2. The van der Waals surface area contributed by atoms with Gasteiger partial charge in [0.05, 0.1) is 11.1 Å². The molecule has 1 N–H and O–H groups in total. The topological polar surface area (TPSA) is 70.6 Å². The SMILES string of the molecule is O=C(c1cnc(NCc2cc(OC(F)(F)F)cc(C3CC3)c2)nc1)N1CCC12CN(C1CCC1)C2. The third kappa shape index (κ3) is 4.55. The fourth-order valence-electron chi connectivity index (χ4n) is 5.41. The van der Waals surface area contributed by atoms with Crippen LogP contribution in [0.2, 0.25) is 0 Å². The Bertz CT molecular complexity index is 1110. The highest BCUT2D eigenvalue weighted by atomic mass is 19.4. The molecule has 0 bridgehead atoms. The van der Waals surface area contributed by atoms with Crippen molar-refractivity contribution in [1.29, 1.82) is 0 Å². The molecule has 2 aliphatic carbocycles. The molecule has 2 aliphatic heterocycles. The van der Waals surface area contributed by atoms with E-state index in [0.717, 1.165) is 44.5 Å². The normalized spacial score (nSPS) is 21.7. The lowest BCUT2D eigenvalue weighted by Crippen LogP contribution is -2.79. The molecule has 186 valence electrons. The maximum atomic E-state index is 13.0. The van der Waals surface area contributed by atoms with Crippen LogP contribution in [0.4, 0.5) is 19.1 Å². The van der Waals surface area contributed by atoms with E-state index in [1.165, 1.54) is 43.8 Å². The molecule has 7 nitrogen and oxygen atoms in total. The van der Waals surface area contributed by atoms with Gasteiger partial charge in [-0.2, -0.15) is 0 Å². The molecule has 35 heavy (non-hydrogen) atoms. The number of nitrogens with one attached hydrogen (secondary N) is 1. The van der Waals surface area contributed by atoms with Crippen molar-refractivity contribution in [2.75, 3.05) is 25.0 Å². The molecule has 1 amide bonds. The van der Waals surface area contributed by atoms with Gasteiger partial charge in [-0.25, -0.2) is 9.97 Å². The Hall–Kier alpha value is -2.88. The van der Waals surface area contributed by atoms with E-state index in [0.29, 0.717) is 23.1 Å². The Morgan fingerprint density at radius 2 is 1.86 bits per heavy atom. The summed E-state index contributed by atoms with van der Waals surface area (Å²) in [6, 6.07) is 5.43. The zero-order valence-electron chi connectivity index (χ0n) is 19.4. The molecule has 0 unspecified atom stereocenters. The first kappa shape index (κ1) is 22.6. The van der Waals surface area contributed by atoms with Gasteiger partial charge in [0.1, 0.15) is 5.75 Å². The van der Waals surface area contributed by atoms with Crippen molar-refractivity contribution in [2.45, 2.75) is 68.9 Å². The Morgan fingerprint density at radius 3 is 2.43 bits per heavy atom. The van der Waals surface area contributed by atoms with Crippen LogP contribution in [0.25, 0.3) is 0 Å². The van der Waals surface area contributed by atoms with Gasteiger partial charge < -0.3 is 15.0 Å². The minimum Gasteiger partial charge on any atom is -0.406 e. The molecule has 2 saturated carbocycles. The highest BCUT2D eigenvalue weighted by Gasteiger charge is 2.56. The van der Waals surface area contributed by atoms with Crippen LogP contribution in [0, 0.1) is 0 Å².